The van der Waals surface area contributed by atoms with Crippen LogP contribution in [0.2, 0.25) is 0 Å². The molecule has 0 aliphatic rings. The number of carboxylic acid groups (broad SMARTS) is 1. The number of ether oxygens (including phenoxy) is 1. The van der Waals surface area contributed by atoms with E-state index in [0.29, 0.717) is 31.6 Å². The number of nitrogens with two attached hydrogens (primary N) is 1. The Hall–Kier alpha value is -2.79. The second-order valence-electron chi connectivity index (χ2n) is 9.42. The molecule has 0 fully saturated rings. The van der Waals surface area contributed by atoms with E-state index in [1.54, 1.807) is 20.8 Å². The van der Waals surface area contributed by atoms with Gasteiger partial charge in [-0.2, -0.15) is 11.8 Å². The number of amides is 3. The Morgan fingerprint density at radius 1 is 0.944 bits per heavy atom. The lowest BCUT2D eigenvalue weighted by molar-refractivity contribution is -0.142. The van der Waals surface area contributed by atoms with E-state index in [-0.39, 0.29) is 12.8 Å². The SMILES string of the molecule is CSCC[C@H](NC(=O)[C@@H](Cc1ccccc1)NC(=O)OC(C)(C)C)C(=O)N[C@@H](CCCCN)C(=O)O. The minimum absolute atomic E-state index is 0.180. The van der Waals surface area contributed by atoms with Crippen molar-refractivity contribution in [3.8, 4) is 0 Å². The van der Waals surface area contributed by atoms with Gasteiger partial charge in [0.1, 0.15) is 23.7 Å². The zero-order chi connectivity index (χ0) is 27.1. The quantitative estimate of drug-likeness (QED) is 0.218. The molecule has 0 saturated heterocycles. The van der Waals surface area contributed by atoms with Crippen LogP contribution in [0.15, 0.2) is 30.3 Å². The van der Waals surface area contributed by atoms with Crippen LogP contribution in [0.1, 0.15) is 52.0 Å². The normalized spacial score (nSPS) is 13.7. The first-order chi connectivity index (χ1) is 17.0. The summed E-state index contributed by atoms with van der Waals surface area (Å²) in [6.07, 6.45) is 3.01. The van der Waals surface area contributed by atoms with Gasteiger partial charge in [-0.05, 0) is 70.6 Å². The van der Waals surface area contributed by atoms with Crippen LogP contribution in [-0.2, 0) is 25.5 Å². The zero-order valence-electron chi connectivity index (χ0n) is 21.5. The van der Waals surface area contributed by atoms with Crippen LogP contribution in [0.5, 0.6) is 0 Å². The minimum Gasteiger partial charge on any atom is -0.480 e. The third kappa shape index (κ3) is 12.8. The van der Waals surface area contributed by atoms with E-state index < -0.39 is 47.6 Å². The molecule has 0 unspecified atom stereocenters. The predicted octanol–water partition coefficient (Wildman–Crippen LogP) is 2.06. The fourth-order valence-corrected chi connectivity index (χ4v) is 3.78. The number of thioether (sulfide) groups is 1. The number of rotatable bonds is 15. The fourth-order valence-electron chi connectivity index (χ4n) is 3.31. The number of unbranched alkanes of at least 4 members (excludes halogenated alkanes) is 1. The Balaban J connectivity index is 3.02. The van der Waals surface area contributed by atoms with Gasteiger partial charge in [0.15, 0.2) is 0 Å². The summed E-state index contributed by atoms with van der Waals surface area (Å²) < 4.78 is 5.31. The van der Waals surface area contributed by atoms with Crippen molar-refractivity contribution in [2.24, 2.45) is 5.73 Å². The highest BCUT2D eigenvalue weighted by Gasteiger charge is 2.30. The highest BCUT2D eigenvalue weighted by Crippen LogP contribution is 2.10. The van der Waals surface area contributed by atoms with E-state index in [4.69, 9.17) is 10.5 Å². The van der Waals surface area contributed by atoms with Crippen LogP contribution in [0.4, 0.5) is 4.79 Å². The lowest BCUT2D eigenvalue weighted by Gasteiger charge is -2.26. The number of carbonyl (C=O) groups is 4. The van der Waals surface area contributed by atoms with Crippen LogP contribution >= 0.6 is 11.8 Å². The van der Waals surface area contributed by atoms with Crippen molar-refractivity contribution in [1.29, 1.82) is 0 Å². The summed E-state index contributed by atoms with van der Waals surface area (Å²) in [5.74, 6) is -1.75. The summed E-state index contributed by atoms with van der Waals surface area (Å²) in [5, 5.41) is 17.3. The van der Waals surface area contributed by atoms with Crippen LogP contribution in [0, 0.1) is 0 Å². The largest absolute Gasteiger partial charge is 0.480 e. The van der Waals surface area contributed by atoms with Crippen molar-refractivity contribution in [2.75, 3.05) is 18.6 Å². The van der Waals surface area contributed by atoms with Crippen molar-refractivity contribution in [3.63, 3.8) is 0 Å². The number of hydrogen-bond donors (Lipinski definition) is 5. The Morgan fingerprint density at radius 2 is 1.56 bits per heavy atom. The van der Waals surface area contributed by atoms with Crippen molar-refractivity contribution in [3.05, 3.63) is 35.9 Å². The summed E-state index contributed by atoms with van der Waals surface area (Å²) in [4.78, 5) is 50.3. The summed E-state index contributed by atoms with van der Waals surface area (Å²) in [5.41, 5.74) is 5.53. The molecule has 0 saturated carbocycles. The van der Waals surface area contributed by atoms with Crippen LogP contribution in [0.25, 0.3) is 0 Å². The molecule has 0 aliphatic carbocycles. The van der Waals surface area contributed by atoms with Crippen LogP contribution in [0.3, 0.4) is 0 Å². The van der Waals surface area contributed by atoms with Crippen molar-refractivity contribution in [2.45, 2.75) is 76.6 Å². The van der Waals surface area contributed by atoms with E-state index in [0.717, 1.165) is 5.56 Å². The Kier molecular flexibility index (Phi) is 13.9. The topological polar surface area (TPSA) is 160 Å². The molecule has 6 N–H and O–H groups in total. The maximum atomic E-state index is 13.3. The second-order valence-corrected chi connectivity index (χ2v) is 10.4. The first-order valence-corrected chi connectivity index (χ1v) is 13.4. The Morgan fingerprint density at radius 3 is 2.11 bits per heavy atom. The molecule has 10 nitrogen and oxygen atoms in total. The molecule has 1 rings (SSSR count). The number of alkyl carbamates (subject to hydrolysis) is 1. The first-order valence-electron chi connectivity index (χ1n) is 12.0. The van der Waals surface area contributed by atoms with E-state index >= 15 is 0 Å². The third-order valence-corrected chi connectivity index (χ3v) is 5.74. The van der Waals surface area contributed by atoms with Crippen molar-refractivity contribution >= 4 is 35.6 Å². The summed E-state index contributed by atoms with van der Waals surface area (Å²) in [6, 6.07) is 6.08. The monoisotopic (exact) mass is 524 g/mol. The number of carboxylic acids is 1. The average Bonchev–Trinajstić information content (AvgIpc) is 2.79. The molecule has 11 heteroatoms. The van der Waals surface area contributed by atoms with Gasteiger partial charge >= 0.3 is 12.1 Å². The molecule has 0 radical (unpaired) electrons. The number of hydrogen-bond acceptors (Lipinski definition) is 7. The molecular weight excluding hydrogens is 484 g/mol. The lowest BCUT2D eigenvalue weighted by Crippen LogP contribution is -2.56. The van der Waals surface area contributed by atoms with Gasteiger partial charge in [0.2, 0.25) is 11.8 Å². The first kappa shape index (κ1) is 31.2. The molecule has 0 aliphatic heterocycles. The number of aliphatic carboxylic acids is 1. The molecule has 0 aromatic heterocycles. The highest BCUT2D eigenvalue weighted by atomic mass is 32.2. The second kappa shape index (κ2) is 16.1. The summed E-state index contributed by atoms with van der Waals surface area (Å²) >= 11 is 1.49. The fraction of sp³-hybridized carbons (Fsp3) is 0.600. The van der Waals surface area contributed by atoms with Gasteiger partial charge < -0.3 is 31.5 Å². The smallest absolute Gasteiger partial charge is 0.408 e. The molecule has 3 amide bonds. The van der Waals surface area contributed by atoms with E-state index in [1.165, 1.54) is 11.8 Å². The van der Waals surface area contributed by atoms with Crippen molar-refractivity contribution < 1.29 is 29.0 Å². The van der Waals surface area contributed by atoms with Crippen LogP contribution < -0.4 is 21.7 Å². The molecule has 0 bridgehead atoms. The molecule has 0 spiro atoms. The molecule has 0 heterocycles. The average molecular weight is 525 g/mol. The molecule has 36 heavy (non-hydrogen) atoms. The van der Waals surface area contributed by atoms with Gasteiger partial charge in [0.25, 0.3) is 0 Å². The lowest BCUT2D eigenvalue weighted by atomic mass is 10.0. The Labute approximate surface area is 217 Å². The third-order valence-electron chi connectivity index (χ3n) is 5.10. The van der Waals surface area contributed by atoms with Gasteiger partial charge in [-0.3, -0.25) is 9.59 Å². The maximum absolute atomic E-state index is 13.3. The van der Waals surface area contributed by atoms with Crippen molar-refractivity contribution in [1.82, 2.24) is 16.0 Å². The maximum Gasteiger partial charge on any atom is 0.408 e. The number of carbonyl (C=O) groups excluding carboxylic acids is 3. The molecule has 3 atom stereocenters. The van der Waals surface area contributed by atoms with Gasteiger partial charge in [0.05, 0.1) is 0 Å². The van der Waals surface area contributed by atoms with E-state index in [1.807, 2.05) is 36.6 Å². The molecule has 1 aromatic rings. The molecule has 202 valence electrons. The number of nitrogens with one attached hydrogen (secondary N) is 3. The van der Waals surface area contributed by atoms with E-state index in [9.17, 15) is 24.3 Å². The highest BCUT2D eigenvalue weighted by molar-refractivity contribution is 7.98. The van der Waals surface area contributed by atoms with Gasteiger partial charge in [0, 0.05) is 6.42 Å². The molecular formula is C25H40N4O6S. The van der Waals surface area contributed by atoms with Crippen LogP contribution in [-0.4, -0.2) is 71.3 Å². The summed E-state index contributed by atoms with van der Waals surface area (Å²) in [7, 11) is 0. The standard InChI is InChI=1S/C25H40N4O6S/c1-25(2,3)35-24(34)29-20(16-17-10-6-5-7-11-17)22(31)27-18(13-15-36-4)21(30)28-19(23(32)33)12-8-9-14-26/h5-7,10-11,18-20H,8-9,12-16,26H2,1-4H3,(H,27,31)(H,28,30)(H,29,34)(H,32,33)/t18-,19-,20+/m0/s1. The molecule has 1 aromatic carbocycles. The predicted molar refractivity (Wildman–Crippen MR) is 141 cm³/mol. The minimum atomic E-state index is -1.15. The van der Waals surface area contributed by atoms with Gasteiger partial charge in [-0.1, -0.05) is 30.3 Å². The zero-order valence-corrected chi connectivity index (χ0v) is 22.4. The Bertz CT molecular complexity index is 847. The summed E-state index contributed by atoms with van der Waals surface area (Å²) in [6.45, 7) is 5.58. The van der Waals surface area contributed by atoms with Gasteiger partial charge in [-0.25, -0.2) is 9.59 Å². The van der Waals surface area contributed by atoms with Gasteiger partial charge in [-0.15, -0.1) is 0 Å². The number of benzene rings is 1. The van der Waals surface area contributed by atoms with E-state index in [2.05, 4.69) is 16.0 Å².